The Hall–Kier alpha value is -2.82. The fourth-order valence-corrected chi connectivity index (χ4v) is 5.20. The largest absolute Gasteiger partial charge is 0.457 e. The second-order valence-corrected chi connectivity index (χ2v) is 11.4. The van der Waals surface area contributed by atoms with Crippen LogP contribution >= 0.6 is 11.8 Å². The van der Waals surface area contributed by atoms with Crippen molar-refractivity contribution in [2.45, 2.75) is 84.5 Å². The number of carbonyl (C=O) groups is 4. The Bertz CT molecular complexity index is 940. The molecule has 206 valence electrons. The Morgan fingerprint density at radius 3 is 2.57 bits per heavy atom. The molecule has 2 heterocycles. The number of carbonyl (C=O) groups excluding carboxylic acids is 4. The molecule has 10 nitrogen and oxygen atoms in total. The fraction of sp³-hybridized carbons (Fsp3) is 0.654. The highest BCUT2D eigenvalue weighted by atomic mass is 32.2. The number of nitrogens with zero attached hydrogens (tertiary/aromatic N) is 2. The van der Waals surface area contributed by atoms with Gasteiger partial charge in [0.1, 0.15) is 30.0 Å². The first-order chi connectivity index (χ1) is 17.4. The predicted octanol–water partition coefficient (Wildman–Crippen LogP) is 3.18. The Labute approximate surface area is 223 Å². The maximum atomic E-state index is 13.6. The Morgan fingerprint density at radius 1 is 1.27 bits per heavy atom. The van der Waals surface area contributed by atoms with Crippen molar-refractivity contribution in [1.82, 2.24) is 15.5 Å². The lowest BCUT2D eigenvalue weighted by molar-refractivity contribution is -0.139. The lowest BCUT2D eigenvalue weighted by atomic mass is 10.0. The fourth-order valence-electron chi connectivity index (χ4n) is 4.01. The van der Waals surface area contributed by atoms with Gasteiger partial charge in [-0.15, -0.1) is 11.8 Å². The van der Waals surface area contributed by atoms with E-state index in [-0.39, 0.29) is 30.2 Å². The average Bonchev–Trinajstić information content (AvgIpc) is 3.48. The van der Waals surface area contributed by atoms with Crippen molar-refractivity contribution in [3.8, 4) is 0 Å². The Morgan fingerprint density at radius 2 is 1.97 bits per heavy atom. The zero-order valence-corrected chi connectivity index (χ0v) is 23.5. The zero-order valence-electron chi connectivity index (χ0n) is 22.7. The van der Waals surface area contributed by atoms with Crippen LogP contribution in [0.2, 0.25) is 0 Å². The molecule has 1 fully saturated rings. The van der Waals surface area contributed by atoms with Gasteiger partial charge in [0.05, 0.1) is 11.1 Å². The number of allylic oxidation sites excluding steroid dienone is 1. The molecule has 0 aliphatic carbocycles. The number of ether oxygens (including phenoxy) is 2. The normalized spacial score (nSPS) is 20.8. The van der Waals surface area contributed by atoms with Crippen LogP contribution in [-0.2, 0) is 23.9 Å². The summed E-state index contributed by atoms with van der Waals surface area (Å²) in [6.45, 7) is 15.0. The summed E-state index contributed by atoms with van der Waals surface area (Å²) in [5.74, 6) is -0.656. The van der Waals surface area contributed by atoms with E-state index < -0.39 is 35.7 Å². The molecule has 0 aromatic carbocycles. The standard InChI is InChI=1S/C26H40N4O6S/c1-8-13-35-24(33)17(9-2)27-21(31)19-15-37-22(28-19)20-11-10-12-30(20)23(32)18(14-16(3)4)29-25(34)36-26(5,6)7/h8-9,16,18-20H,1,10-15H2,2-7H3,(H,27,31)(H,29,34)/b17-9+/t18-,19+,20+/m1/s1. The molecule has 0 aromatic rings. The number of likely N-dealkylation sites (tertiary alicyclic amines) is 1. The van der Waals surface area contributed by atoms with E-state index >= 15 is 0 Å². The molecule has 2 rings (SSSR count). The molecule has 2 aliphatic heterocycles. The van der Waals surface area contributed by atoms with Crippen LogP contribution in [0.25, 0.3) is 0 Å². The summed E-state index contributed by atoms with van der Waals surface area (Å²) in [6.07, 6.45) is 4.28. The zero-order chi connectivity index (χ0) is 27.8. The molecule has 0 spiro atoms. The van der Waals surface area contributed by atoms with E-state index in [1.54, 1.807) is 32.6 Å². The van der Waals surface area contributed by atoms with Crippen molar-refractivity contribution in [2.24, 2.45) is 10.9 Å². The summed E-state index contributed by atoms with van der Waals surface area (Å²) < 4.78 is 10.4. The minimum Gasteiger partial charge on any atom is -0.457 e. The molecule has 3 amide bonds. The smallest absolute Gasteiger partial charge is 0.408 e. The summed E-state index contributed by atoms with van der Waals surface area (Å²) >= 11 is 1.44. The third kappa shape index (κ3) is 9.21. The number of hydrogen-bond donors (Lipinski definition) is 2. The van der Waals surface area contributed by atoms with Crippen molar-refractivity contribution in [1.29, 1.82) is 0 Å². The van der Waals surface area contributed by atoms with Gasteiger partial charge in [-0.05, 0) is 52.9 Å². The van der Waals surface area contributed by atoms with Crippen molar-refractivity contribution >= 4 is 40.7 Å². The average molecular weight is 537 g/mol. The topological polar surface area (TPSA) is 126 Å². The highest BCUT2D eigenvalue weighted by molar-refractivity contribution is 8.14. The summed E-state index contributed by atoms with van der Waals surface area (Å²) in [5.41, 5.74) is -0.631. The van der Waals surface area contributed by atoms with Gasteiger partial charge in [-0.3, -0.25) is 14.6 Å². The van der Waals surface area contributed by atoms with Gasteiger partial charge in [-0.25, -0.2) is 9.59 Å². The summed E-state index contributed by atoms with van der Waals surface area (Å²) in [6, 6.07) is -1.67. The van der Waals surface area contributed by atoms with E-state index in [4.69, 9.17) is 9.47 Å². The SMILES string of the molecule is C=CCOC(=O)/C(=C\C)NC(=O)[C@@H]1CSC([C@@H]2CCCN2C(=O)[C@@H](CC(C)C)NC(=O)OC(C)(C)C)=N1. The Kier molecular flexibility index (Phi) is 11.2. The molecule has 11 heteroatoms. The first-order valence-corrected chi connectivity index (χ1v) is 13.6. The third-order valence-corrected chi connectivity index (χ3v) is 6.75. The van der Waals surface area contributed by atoms with Gasteiger partial charge in [-0.1, -0.05) is 32.6 Å². The van der Waals surface area contributed by atoms with Crippen LogP contribution in [0.15, 0.2) is 29.4 Å². The van der Waals surface area contributed by atoms with Gasteiger partial charge in [0.15, 0.2) is 0 Å². The monoisotopic (exact) mass is 536 g/mol. The molecule has 0 radical (unpaired) electrons. The van der Waals surface area contributed by atoms with Crippen LogP contribution in [0.5, 0.6) is 0 Å². The number of rotatable bonds is 10. The second kappa shape index (κ2) is 13.6. The van der Waals surface area contributed by atoms with E-state index in [9.17, 15) is 19.2 Å². The third-order valence-electron chi connectivity index (χ3n) is 5.59. The minimum atomic E-state index is -0.722. The van der Waals surface area contributed by atoms with Crippen molar-refractivity contribution in [2.75, 3.05) is 18.9 Å². The maximum Gasteiger partial charge on any atom is 0.408 e. The van der Waals surface area contributed by atoms with E-state index in [0.717, 1.165) is 12.8 Å². The summed E-state index contributed by atoms with van der Waals surface area (Å²) in [7, 11) is 0. The van der Waals surface area contributed by atoms with E-state index in [0.29, 0.717) is 23.8 Å². The molecule has 0 bridgehead atoms. The van der Waals surface area contributed by atoms with Gasteiger partial charge in [-0.2, -0.15) is 0 Å². The number of thioether (sulfide) groups is 1. The molecular formula is C26H40N4O6S. The van der Waals surface area contributed by atoms with Crippen LogP contribution in [-0.4, -0.2) is 76.5 Å². The summed E-state index contributed by atoms with van der Waals surface area (Å²) in [5, 5.41) is 6.06. The number of nitrogens with one attached hydrogen (secondary N) is 2. The quantitative estimate of drug-likeness (QED) is 0.249. The van der Waals surface area contributed by atoms with Gasteiger partial charge < -0.3 is 25.0 Å². The van der Waals surface area contributed by atoms with E-state index in [1.807, 2.05) is 13.8 Å². The maximum absolute atomic E-state index is 13.6. The van der Waals surface area contributed by atoms with Crippen LogP contribution < -0.4 is 10.6 Å². The van der Waals surface area contributed by atoms with Gasteiger partial charge >= 0.3 is 12.1 Å². The number of aliphatic imine (C=N–C) groups is 1. The highest BCUT2D eigenvalue weighted by Gasteiger charge is 2.40. The van der Waals surface area contributed by atoms with Gasteiger partial charge in [0, 0.05) is 12.3 Å². The molecule has 2 N–H and O–H groups in total. The second-order valence-electron chi connectivity index (χ2n) is 10.4. The highest BCUT2D eigenvalue weighted by Crippen LogP contribution is 2.30. The molecule has 2 aliphatic rings. The molecule has 1 saturated heterocycles. The number of hydrogen-bond acceptors (Lipinski definition) is 8. The van der Waals surface area contributed by atoms with Crippen LogP contribution in [0.4, 0.5) is 4.79 Å². The molecule has 0 aromatic heterocycles. The van der Waals surface area contributed by atoms with E-state index in [2.05, 4.69) is 22.2 Å². The molecular weight excluding hydrogens is 496 g/mol. The van der Waals surface area contributed by atoms with Crippen molar-refractivity contribution < 1.29 is 28.7 Å². The Balaban J connectivity index is 2.10. The summed E-state index contributed by atoms with van der Waals surface area (Å²) in [4.78, 5) is 57.2. The van der Waals surface area contributed by atoms with Gasteiger partial charge in [0.2, 0.25) is 11.8 Å². The number of alkyl carbamates (subject to hydrolysis) is 1. The van der Waals surface area contributed by atoms with Crippen LogP contribution in [0, 0.1) is 5.92 Å². The molecule has 3 atom stereocenters. The first-order valence-electron chi connectivity index (χ1n) is 12.6. The number of amides is 3. The van der Waals surface area contributed by atoms with E-state index in [1.165, 1.54) is 23.9 Å². The molecule has 37 heavy (non-hydrogen) atoms. The predicted molar refractivity (Wildman–Crippen MR) is 144 cm³/mol. The van der Waals surface area contributed by atoms with Gasteiger partial charge in [0.25, 0.3) is 0 Å². The van der Waals surface area contributed by atoms with Crippen LogP contribution in [0.3, 0.4) is 0 Å². The molecule has 0 unspecified atom stereocenters. The minimum absolute atomic E-state index is 0.0414. The lowest BCUT2D eigenvalue weighted by Crippen LogP contribution is -2.52. The van der Waals surface area contributed by atoms with Crippen molar-refractivity contribution in [3.05, 3.63) is 24.4 Å². The van der Waals surface area contributed by atoms with Crippen LogP contribution in [0.1, 0.15) is 60.8 Å². The molecule has 0 saturated carbocycles. The van der Waals surface area contributed by atoms with Crippen molar-refractivity contribution in [3.63, 3.8) is 0 Å². The lowest BCUT2D eigenvalue weighted by Gasteiger charge is -2.30. The number of esters is 1. The first kappa shape index (κ1) is 30.4.